The van der Waals surface area contributed by atoms with Crippen molar-refractivity contribution in [3.8, 4) is 11.5 Å². The molecular formula is C20H22F6N2O4S. The highest BCUT2D eigenvalue weighted by molar-refractivity contribution is 7.89. The highest BCUT2D eigenvalue weighted by Crippen LogP contribution is 2.37. The van der Waals surface area contributed by atoms with Gasteiger partial charge in [0, 0.05) is 13.1 Å². The third kappa shape index (κ3) is 7.51. The summed E-state index contributed by atoms with van der Waals surface area (Å²) in [7, 11) is -1.60. The quantitative estimate of drug-likeness (QED) is 0.378. The van der Waals surface area contributed by atoms with Gasteiger partial charge in [-0.1, -0.05) is 6.07 Å². The molecule has 0 aromatic heterocycles. The van der Waals surface area contributed by atoms with E-state index in [1.807, 2.05) is 4.72 Å². The van der Waals surface area contributed by atoms with E-state index in [1.165, 1.54) is 14.2 Å². The third-order valence-corrected chi connectivity index (χ3v) is 5.91. The fourth-order valence-electron chi connectivity index (χ4n) is 2.81. The van der Waals surface area contributed by atoms with Gasteiger partial charge in [-0.05, 0) is 48.9 Å². The number of alkyl halides is 6. The molecule has 0 atom stereocenters. The lowest BCUT2D eigenvalue weighted by Crippen LogP contribution is -2.28. The van der Waals surface area contributed by atoms with Gasteiger partial charge in [0.15, 0.2) is 11.5 Å². The SMILES string of the molecule is COc1ccc(CNCCCNS(=O)(=O)c2cc(C(F)(F)F)cc(C(F)(F)F)c2)cc1OC. The van der Waals surface area contributed by atoms with Crippen molar-refractivity contribution < 1.29 is 44.2 Å². The Kier molecular flexibility index (Phi) is 8.60. The maximum atomic E-state index is 12.9. The number of hydrogen-bond acceptors (Lipinski definition) is 5. The zero-order valence-corrected chi connectivity index (χ0v) is 18.4. The summed E-state index contributed by atoms with van der Waals surface area (Å²) < 4.78 is 115. The molecule has 13 heteroatoms. The molecular weight excluding hydrogens is 478 g/mol. The van der Waals surface area contributed by atoms with Crippen LogP contribution >= 0.6 is 0 Å². The van der Waals surface area contributed by atoms with Crippen LogP contribution in [0.5, 0.6) is 11.5 Å². The van der Waals surface area contributed by atoms with E-state index in [0.717, 1.165) is 5.56 Å². The minimum Gasteiger partial charge on any atom is -0.493 e. The van der Waals surface area contributed by atoms with Gasteiger partial charge in [0.25, 0.3) is 0 Å². The van der Waals surface area contributed by atoms with E-state index < -0.39 is 38.4 Å². The number of sulfonamides is 1. The van der Waals surface area contributed by atoms with Crippen molar-refractivity contribution in [2.45, 2.75) is 30.2 Å². The van der Waals surface area contributed by atoms with Crippen LogP contribution in [0.25, 0.3) is 0 Å². The summed E-state index contributed by atoms with van der Waals surface area (Å²) in [5.74, 6) is 1.09. The van der Waals surface area contributed by atoms with Gasteiger partial charge in [0.1, 0.15) is 0 Å². The molecule has 0 heterocycles. The molecule has 0 spiro atoms. The van der Waals surface area contributed by atoms with Gasteiger partial charge in [-0.15, -0.1) is 0 Å². The van der Waals surface area contributed by atoms with E-state index in [4.69, 9.17) is 9.47 Å². The van der Waals surface area contributed by atoms with Crippen LogP contribution < -0.4 is 19.5 Å². The standard InChI is InChI=1S/C20H22F6N2O4S/c1-31-17-5-4-13(8-18(17)32-2)12-27-6-3-7-28-33(29,30)16-10-14(19(21,22)23)9-15(11-16)20(24,25)26/h4-5,8-11,27-28H,3,6-7,12H2,1-2H3. The minimum absolute atomic E-state index is 0.128. The van der Waals surface area contributed by atoms with Crippen molar-refractivity contribution in [3.63, 3.8) is 0 Å². The fourth-order valence-corrected chi connectivity index (χ4v) is 3.95. The van der Waals surface area contributed by atoms with Gasteiger partial charge in [-0.3, -0.25) is 0 Å². The van der Waals surface area contributed by atoms with Crippen molar-refractivity contribution in [2.75, 3.05) is 27.3 Å². The molecule has 0 bridgehead atoms. The third-order valence-electron chi connectivity index (χ3n) is 4.47. The minimum atomic E-state index is -5.14. The molecule has 6 nitrogen and oxygen atoms in total. The zero-order valence-electron chi connectivity index (χ0n) is 17.6. The monoisotopic (exact) mass is 500 g/mol. The van der Waals surface area contributed by atoms with Gasteiger partial charge in [-0.25, -0.2) is 13.1 Å². The number of ether oxygens (including phenoxy) is 2. The fraction of sp³-hybridized carbons (Fsp3) is 0.400. The molecule has 0 aliphatic carbocycles. The van der Waals surface area contributed by atoms with Gasteiger partial charge < -0.3 is 14.8 Å². The van der Waals surface area contributed by atoms with E-state index in [1.54, 1.807) is 18.2 Å². The molecule has 33 heavy (non-hydrogen) atoms. The van der Waals surface area contributed by atoms with Gasteiger partial charge in [0.2, 0.25) is 10.0 Å². The molecule has 184 valence electrons. The van der Waals surface area contributed by atoms with Crippen LogP contribution in [0, 0.1) is 0 Å². The Morgan fingerprint density at radius 2 is 1.39 bits per heavy atom. The largest absolute Gasteiger partial charge is 0.493 e. The molecule has 2 aromatic rings. The Balaban J connectivity index is 1.96. The molecule has 2 N–H and O–H groups in total. The smallest absolute Gasteiger partial charge is 0.416 e. The maximum absolute atomic E-state index is 12.9. The first-order chi connectivity index (χ1) is 15.3. The summed E-state index contributed by atoms with van der Waals surface area (Å²) in [5.41, 5.74) is -2.54. The van der Waals surface area contributed by atoms with Crippen LogP contribution in [-0.2, 0) is 28.9 Å². The van der Waals surface area contributed by atoms with E-state index in [-0.39, 0.29) is 31.2 Å². The molecule has 0 fully saturated rings. The lowest BCUT2D eigenvalue weighted by molar-refractivity contribution is -0.143. The predicted molar refractivity (Wildman–Crippen MR) is 108 cm³/mol. The predicted octanol–water partition coefficient (Wildman–Crippen LogP) is 4.20. The second-order valence-corrected chi connectivity index (χ2v) is 8.63. The van der Waals surface area contributed by atoms with Crippen LogP contribution in [0.4, 0.5) is 26.3 Å². The second-order valence-electron chi connectivity index (χ2n) is 6.86. The van der Waals surface area contributed by atoms with Crippen molar-refractivity contribution in [1.82, 2.24) is 10.0 Å². The van der Waals surface area contributed by atoms with E-state index in [9.17, 15) is 34.8 Å². The van der Waals surface area contributed by atoms with Crippen LogP contribution in [0.3, 0.4) is 0 Å². The molecule has 0 saturated heterocycles. The summed E-state index contributed by atoms with van der Waals surface area (Å²) in [6.07, 6.45) is -10.0. The number of rotatable bonds is 10. The van der Waals surface area contributed by atoms with E-state index in [2.05, 4.69) is 5.32 Å². The number of methoxy groups -OCH3 is 2. The Hall–Kier alpha value is -2.51. The van der Waals surface area contributed by atoms with Gasteiger partial charge in [-0.2, -0.15) is 26.3 Å². The zero-order chi connectivity index (χ0) is 24.9. The lowest BCUT2D eigenvalue weighted by atomic mass is 10.1. The highest BCUT2D eigenvalue weighted by Gasteiger charge is 2.38. The van der Waals surface area contributed by atoms with Gasteiger partial charge >= 0.3 is 12.4 Å². The second kappa shape index (κ2) is 10.6. The first-order valence-electron chi connectivity index (χ1n) is 9.48. The average molecular weight is 500 g/mol. The number of halogens is 6. The Morgan fingerprint density at radius 3 is 1.91 bits per heavy atom. The molecule has 2 aromatic carbocycles. The number of nitrogens with one attached hydrogen (secondary N) is 2. The molecule has 0 aliphatic rings. The highest BCUT2D eigenvalue weighted by atomic mass is 32.2. The van der Waals surface area contributed by atoms with Crippen molar-refractivity contribution >= 4 is 10.0 Å². The maximum Gasteiger partial charge on any atom is 0.416 e. The Bertz CT molecular complexity index is 1020. The van der Waals surface area contributed by atoms with Crippen molar-refractivity contribution in [2.24, 2.45) is 0 Å². The summed E-state index contributed by atoms with van der Waals surface area (Å²) in [4.78, 5) is -1.11. The van der Waals surface area contributed by atoms with Crippen LogP contribution in [0.1, 0.15) is 23.1 Å². The van der Waals surface area contributed by atoms with Crippen molar-refractivity contribution in [1.29, 1.82) is 0 Å². The molecule has 2 rings (SSSR count). The number of hydrogen-bond donors (Lipinski definition) is 2. The van der Waals surface area contributed by atoms with Gasteiger partial charge in [0.05, 0.1) is 30.2 Å². The number of benzene rings is 2. The first kappa shape index (κ1) is 26.7. The average Bonchev–Trinajstić information content (AvgIpc) is 2.74. The molecule has 0 aliphatic heterocycles. The lowest BCUT2D eigenvalue weighted by Gasteiger charge is -2.15. The summed E-state index contributed by atoms with van der Waals surface area (Å²) in [5, 5.41) is 3.05. The summed E-state index contributed by atoms with van der Waals surface area (Å²) in [6, 6.07) is 5.48. The van der Waals surface area contributed by atoms with Crippen LogP contribution in [0.2, 0.25) is 0 Å². The van der Waals surface area contributed by atoms with E-state index >= 15 is 0 Å². The Labute approximate surface area is 186 Å². The molecule has 0 radical (unpaired) electrons. The Morgan fingerprint density at radius 1 is 0.818 bits per heavy atom. The van der Waals surface area contributed by atoms with E-state index in [0.29, 0.717) is 24.6 Å². The van der Waals surface area contributed by atoms with Crippen molar-refractivity contribution in [3.05, 3.63) is 53.1 Å². The molecule has 0 unspecified atom stereocenters. The topological polar surface area (TPSA) is 76.7 Å². The normalized spacial score (nSPS) is 12.6. The molecule has 0 amide bonds. The van der Waals surface area contributed by atoms with Crippen LogP contribution in [0.15, 0.2) is 41.3 Å². The summed E-state index contributed by atoms with van der Waals surface area (Å²) >= 11 is 0. The summed E-state index contributed by atoms with van der Waals surface area (Å²) in [6.45, 7) is 0.543. The van der Waals surface area contributed by atoms with Crippen LogP contribution in [-0.4, -0.2) is 35.7 Å². The first-order valence-corrected chi connectivity index (χ1v) is 11.0. The molecule has 0 saturated carbocycles.